The van der Waals surface area contributed by atoms with Gasteiger partial charge in [-0.05, 0) is 5.21 Å². The SMILES string of the molecule is CC(C)c1nnn(Cl)n1. The van der Waals surface area contributed by atoms with Crippen molar-refractivity contribution in [3.8, 4) is 0 Å². The Bertz CT molecular complexity index is 194. The standard InChI is InChI=1S/C4H7ClN4/c1-3(2)4-6-8-9(5)7-4/h3H,1-2H3. The van der Waals surface area contributed by atoms with Crippen LogP contribution in [0, 0.1) is 0 Å². The van der Waals surface area contributed by atoms with Crippen molar-refractivity contribution in [3.05, 3.63) is 5.82 Å². The largest absolute Gasteiger partial charge is 0.178 e. The highest BCUT2D eigenvalue weighted by molar-refractivity contribution is 6.13. The lowest BCUT2D eigenvalue weighted by Crippen LogP contribution is -1.90. The first-order valence-electron chi connectivity index (χ1n) is 2.66. The monoisotopic (exact) mass is 146 g/mol. The molecule has 5 heteroatoms. The fraction of sp³-hybridized carbons (Fsp3) is 0.750. The fourth-order valence-electron chi connectivity index (χ4n) is 0.438. The summed E-state index contributed by atoms with van der Waals surface area (Å²) in [6, 6.07) is 0. The summed E-state index contributed by atoms with van der Waals surface area (Å²) in [5.41, 5.74) is 0. The maximum atomic E-state index is 5.34. The van der Waals surface area contributed by atoms with Crippen LogP contribution < -0.4 is 0 Å². The van der Waals surface area contributed by atoms with Crippen LogP contribution in [0.2, 0.25) is 0 Å². The van der Waals surface area contributed by atoms with E-state index in [2.05, 4.69) is 15.4 Å². The van der Waals surface area contributed by atoms with Gasteiger partial charge in [-0.15, -0.1) is 10.2 Å². The van der Waals surface area contributed by atoms with Gasteiger partial charge < -0.3 is 0 Å². The summed E-state index contributed by atoms with van der Waals surface area (Å²) >= 11 is 5.34. The molecule has 0 aliphatic heterocycles. The molecule has 1 aromatic rings. The van der Waals surface area contributed by atoms with Crippen LogP contribution in [-0.2, 0) is 0 Å². The van der Waals surface area contributed by atoms with E-state index < -0.39 is 0 Å². The summed E-state index contributed by atoms with van der Waals surface area (Å²) in [4.78, 5) is 0. The Kier molecular flexibility index (Phi) is 1.66. The van der Waals surface area contributed by atoms with E-state index in [1.807, 2.05) is 13.8 Å². The van der Waals surface area contributed by atoms with E-state index in [1.54, 1.807) is 0 Å². The Morgan fingerprint density at radius 3 is 2.44 bits per heavy atom. The number of aromatic nitrogens is 4. The molecule has 0 aliphatic rings. The second-order valence-electron chi connectivity index (χ2n) is 2.04. The summed E-state index contributed by atoms with van der Waals surface area (Å²) in [5, 5.41) is 10.9. The van der Waals surface area contributed by atoms with Crippen molar-refractivity contribution in [2.24, 2.45) is 0 Å². The van der Waals surface area contributed by atoms with E-state index in [0.717, 1.165) is 4.32 Å². The average Bonchev–Trinajstić information content (AvgIpc) is 2.14. The molecule has 0 amide bonds. The molecule has 0 unspecified atom stereocenters. The molecule has 0 spiro atoms. The third kappa shape index (κ3) is 1.38. The maximum absolute atomic E-state index is 5.34. The summed E-state index contributed by atoms with van der Waals surface area (Å²) in [6.07, 6.45) is 0. The Labute approximate surface area is 57.9 Å². The van der Waals surface area contributed by atoms with Crippen molar-refractivity contribution in [2.45, 2.75) is 19.8 Å². The summed E-state index contributed by atoms with van der Waals surface area (Å²) in [5.74, 6) is 0.961. The number of rotatable bonds is 1. The second-order valence-corrected chi connectivity index (χ2v) is 2.35. The van der Waals surface area contributed by atoms with Crippen LogP contribution in [-0.4, -0.2) is 19.7 Å². The lowest BCUT2D eigenvalue weighted by atomic mass is 10.2. The van der Waals surface area contributed by atoms with E-state index in [-0.39, 0.29) is 5.92 Å². The van der Waals surface area contributed by atoms with Crippen molar-refractivity contribution in [2.75, 3.05) is 0 Å². The number of halogens is 1. The van der Waals surface area contributed by atoms with Crippen LogP contribution in [0.3, 0.4) is 0 Å². The fourth-order valence-corrected chi connectivity index (χ4v) is 0.549. The van der Waals surface area contributed by atoms with Crippen LogP contribution in [0.5, 0.6) is 0 Å². The zero-order valence-corrected chi connectivity index (χ0v) is 6.00. The minimum atomic E-state index is 0.289. The average molecular weight is 147 g/mol. The molecule has 0 bridgehead atoms. The number of hydrogen-bond donors (Lipinski definition) is 0. The normalized spacial score (nSPS) is 10.7. The predicted molar refractivity (Wildman–Crippen MR) is 33.2 cm³/mol. The lowest BCUT2D eigenvalue weighted by Gasteiger charge is -1.90. The van der Waals surface area contributed by atoms with Gasteiger partial charge in [-0.3, -0.25) is 0 Å². The molecular weight excluding hydrogens is 140 g/mol. The van der Waals surface area contributed by atoms with E-state index in [1.165, 1.54) is 0 Å². The van der Waals surface area contributed by atoms with Gasteiger partial charge >= 0.3 is 0 Å². The Hall–Kier alpha value is -0.640. The number of tetrazole rings is 1. The topological polar surface area (TPSA) is 43.6 Å². The van der Waals surface area contributed by atoms with Crippen LogP contribution >= 0.6 is 11.8 Å². The van der Waals surface area contributed by atoms with Crippen molar-refractivity contribution < 1.29 is 0 Å². The molecule has 4 nitrogen and oxygen atoms in total. The van der Waals surface area contributed by atoms with E-state index in [4.69, 9.17) is 11.8 Å². The van der Waals surface area contributed by atoms with Crippen LogP contribution in [0.1, 0.15) is 25.6 Å². The molecule has 0 N–H and O–H groups in total. The molecule has 0 saturated heterocycles. The third-order valence-electron chi connectivity index (χ3n) is 0.922. The van der Waals surface area contributed by atoms with Gasteiger partial charge in [-0.1, -0.05) is 18.2 Å². The molecule has 1 rings (SSSR count). The molecule has 1 heterocycles. The van der Waals surface area contributed by atoms with Gasteiger partial charge in [0.2, 0.25) is 0 Å². The minimum Gasteiger partial charge on any atom is -0.119 e. The summed E-state index contributed by atoms with van der Waals surface area (Å²) < 4.78 is 0.940. The third-order valence-corrected chi connectivity index (χ3v) is 1.07. The molecule has 0 radical (unpaired) electrons. The van der Waals surface area contributed by atoms with Gasteiger partial charge in [0, 0.05) is 5.92 Å². The Morgan fingerprint density at radius 2 is 2.22 bits per heavy atom. The lowest BCUT2D eigenvalue weighted by molar-refractivity contribution is 0.771. The summed E-state index contributed by atoms with van der Waals surface area (Å²) in [6.45, 7) is 3.96. The molecular formula is C4H7ClN4. The molecule has 0 aromatic carbocycles. The highest BCUT2D eigenvalue weighted by Crippen LogP contribution is 2.05. The maximum Gasteiger partial charge on any atom is 0.178 e. The quantitative estimate of drug-likeness (QED) is 0.589. The van der Waals surface area contributed by atoms with E-state index in [0.29, 0.717) is 5.82 Å². The van der Waals surface area contributed by atoms with Gasteiger partial charge in [-0.2, -0.15) is 0 Å². The molecule has 0 saturated carbocycles. The predicted octanol–water partition coefficient (Wildman–Crippen LogP) is 0.798. The minimum absolute atomic E-state index is 0.289. The van der Waals surface area contributed by atoms with Gasteiger partial charge in [0.15, 0.2) is 5.82 Å². The van der Waals surface area contributed by atoms with Gasteiger partial charge in [0.25, 0.3) is 0 Å². The smallest absolute Gasteiger partial charge is 0.119 e. The van der Waals surface area contributed by atoms with Crippen molar-refractivity contribution >= 4 is 11.8 Å². The molecule has 9 heavy (non-hydrogen) atoms. The molecule has 0 aliphatic carbocycles. The van der Waals surface area contributed by atoms with Crippen LogP contribution in [0.4, 0.5) is 0 Å². The molecule has 0 atom stereocenters. The summed E-state index contributed by atoms with van der Waals surface area (Å²) in [7, 11) is 0. The van der Waals surface area contributed by atoms with Crippen LogP contribution in [0.25, 0.3) is 0 Å². The van der Waals surface area contributed by atoms with Crippen molar-refractivity contribution in [1.82, 2.24) is 19.7 Å². The van der Waals surface area contributed by atoms with Crippen molar-refractivity contribution in [1.29, 1.82) is 0 Å². The Balaban J connectivity index is 2.85. The van der Waals surface area contributed by atoms with Crippen LogP contribution in [0.15, 0.2) is 0 Å². The van der Waals surface area contributed by atoms with E-state index in [9.17, 15) is 0 Å². The first-order chi connectivity index (χ1) is 4.20. The zero-order chi connectivity index (χ0) is 6.85. The van der Waals surface area contributed by atoms with Crippen molar-refractivity contribution in [3.63, 3.8) is 0 Å². The highest BCUT2D eigenvalue weighted by atomic mass is 35.5. The van der Waals surface area contributed by atoms with Gasteiger partial charge in [-0.25, -0.2) is 0 Å². The first kappa shape index (κ1) is 6.48. The number of hydrogen-bond acceptors (Lipinski definition) is 3. The highest BCUT2D eigenvalue weighted by Gasteiger charge is 2.04. The first-order valence-corrected chi connectivity index (χ1v) is 3.00. The Morgan fingerprint density at radius 1 is 1.56 bits per heavy atom. The molecule has 1 aromatic heterocycles. The second kappa shape index (κ2) is 2.31. The van der Waals surface area contributed by atoms with Gasteiger partial charge in [0.05, 0.1) is 11.8 Å². The molecule has 0 fully saturated rings. The molecule has 50 valence electrons. The number of nitrogens with zero attached hydrogens (tertiary/aromatic N) is 4. The van der Waals surface area contributed by atoms with Gasteiger partial charge in [0.1, 0.15) is 0 Å². The zero-order valence-electron chi connectivity index (χ0n) is 5.24. The van der Waals surface area contributed by atoms with E-state index >= 15 is 0 Å².